The maximum Gasteiger partial charge on any atom is 0.365 e. The van der Waals surface area contributed by atoms with Crippen molar-refractivity contribution in [1.29, 1.82) is 0 Å². The SMILES string of the molecule is COC(=O)[C@]12Oc3cc4c(c(OC)c3C(O)=C1C(=O)CC[C@@H]2O)-c1cccc2c(=O)on(c12)C4. The summed E-state index contributed by atoms with van der Waals surface area (Å²) in [5, 5.41) is 22.6. The number of rotatable bonds is 2. The minimum Gasteiger partial charge on any atom is -0.506 e. The Morgan fingerprint density at radius 2 is 2.03 bits per heavy atom. The first-order valence-corrected chi connectivity index (χ1v) is 10.6. The number of esters is 1. The summed E-state index contributed by atoms with van der Waals surface area (Å²) >= 11 is 0. The number of hydrogen-bond acceptors (Lipinski definition) is 9. The van der Waals surface area contributed by atoms with Crippen molar-refractivity contribution in [3.8, 4) is 22.6 Å². The first kappa shape index (κ1) is 20.5. The molecule has 2 aromatic carbocycles. The van der Waals surface area contributed by atoms with Crippen LogP contribution in [0.25, 0.3) is 27.8 Å². The summed E-state index contributed by atoms with van der Waals surface area (Å²) in [5.74, 6) is -1.82. The molecule has 0 saturated heterocycles. The molecule has 3 heterocycles. The van der Waals surface area contributed by atoms with Crippen molar-refractivity contribution in [2.45, 2.75) is 31.1 Å². The number of methoxy groups -OCH3 is 2. The molecule has 1 saturated carbocycles. The molecular formula is C24H19NO9. The second-order valence-corrected chi connectivity index (χ2v) is 8.46. The minimum absolute atomic E-state index is 0.0288. The number of ketones is 1. The van der Waals surface area contributed by atoms with Gasteiger partial charge in [-0.05, 0) is 24.1 Å². The molecule has 0 bridgehead atoms. The number of benzene rings is 2. The lowest BCUT2D eigenvalue weighted by Crippen LogP contribution is -2.61. The number of carbonyl (C=O) groups excluding carboxylic acids is 2. The standard InChI is InChI=1S/C24H19NO9/c1-31-21-16-10(9-25-19-11(16)4-3-5-12(19)22(29)34-25)8-14-17(21)20(28)18-13(26)6-7-15(27)24(18,33-14)23(30)32-2/h3-5,8,15,27-28H,6-7,9H2,1-2H3/t15-,24+/m0/s1. The van der Waals surface area contributed by atoms with E-state index in [-0.39, 0.29) is 42.0 Å². The summed E-state index contributed by atoms with van der Waals surface area (Å²) in [6.45, 7) is 0.155. The van der Waals surface area contributed by atoms with Crippen LogP contribution in [0.2, 0.25) is 0 Å². The molecular weight excluding hydrogens is 446 g/mol. The molecule has 3 aromatic rings. The first-order chi connectivity index (χ1) is 16.3. The molecule has 0 unspecified atom stereocenters. The van der Waals surface area contributed by atoms with Crippen LogP contribution >= 0.6 is 0 Å². The number of fused-ring (bicyclic) bond motifs is 4. The van der Waals surface area contributed by atoms with Gasteiger partial charge in [-0.3, -0.25) is 4.79 Å². The maximum absolute atomic E-state index is 12.9. The summed E-state index contributed by atoms with van der Waals surface area (Å²) in [6.07, 6.45) is -1.54. The highest BCUT2D eigenvalue weighted by atomic mass is 16.6. The normalized spacial score (nSPS) is 22.6. The Morgan fingerprint density at radius 1 is 1.24 bits per heavy atom. The predicted octanol–water partition coefficient (Wildman–Crippen LogP) is 1.93. The van der Waals surface area contributed by atoms with Gasteiger partial charge in [0, 0.05) is 17.5 Å². The first-order valence-electron chi connectivity index (χ1n) is 10.6. The lowest BCUT2D eigenvalue weighted by Gasteiger charge is -2.43. The molecule has 0 amide bonds. The Kier molecular flexibility index (Phi) is 4.07. The van der Waals surface area contributed by atoms with Gasteiger partial charge in [-0.1, -0.05) is 12.1 Å². The summed E-state index contributed by atoms with van der Waals surface area (Å²) in [5.41, 5.74) is -0.537. The third kappa shape index (κ3) is 2.30. The van der Waals surface area contributed by atoms with Crippen LogP contribution in [0.15, 0.2) is 39.2 Å². The molecule has 3 aliphatic rings. The molecule has 2 N–H and O–H groups in total. The molecule has 0 radical (unpaired) electrons. The minimum atomic E-state index is -2.21. The smallest absolute Gasteiger partial charge is 0.365 e. The molecule has 1 aromatic heterocycles. The monoisotopic (exact) mass is 465 g/mol. The van der Waals surface area contributed by atoms with Crippen molar-refractivity contribution in [2.24, 2.45) is 0 Å². The van der Waals surface area contributed by atoms with E-state index in [1.165, 1.54) is 11.8 Å². The van der Waals surface area contributed by atoms with E-state index in [2.05, 4.69) is 0 Å². The van der Waals surface area contributed by atoms with Crippen molar-refractivity contribution >= 4 is 28.4 Å². The Bertz CT molecular complexity index is 1530. The fraction of sp³-hybridized carbons (Fsp3) is 0.292. The van der Waals surface area contributed by atoms with Crippen LogP contribution in [0.5, 0.6) is 11.5 Å². The summed E-state index contributed by atoms with van der Waals surface area (Å²) in [6, 6.07) is 6.75. The van der Waals surface area contributed by atoms with Crippen molar-refractivity contribution in [3.63, 3.8) is 0 Å². The molecule has 6 rings (SSSR count). The van der Waals surface area contributed by atoms with Crippen LogP contribution < -0.4 is 15.1 Å². The molecule has 10 nitrogen and oxygen atoms in total. The lowest BCUT2D eigenvalue weighted by molar-refractivity contribution is -0.169. The Hall–Kier alpha value is -4.05. The van der Waals surface area contributed by atoms with Crippen LogP contribution in [-0.4, -0.2) is 52.6 Å². The molecule has 0 spiro atoms. The van der Waals surface area contributed by atoms with E-state index in [9.17, 15) is 24.6 Å². The van der Waals surface area contributed by atoms with Gasteiger partial charge in [-0.25, -0.2) is 14.3 Å². The largest absolute Gasteiger partial charge is 0.506 e. The van der Waals surface area contributed by atoms with E-state index in [4.69, 9.17) is 18.7 Å². The molecule has 174 valence electrons. The van der Waals surface area contributed by atoms with Crippen LogP contribution in [0.1, 0.15) is 24.0 Å². The molecule has 10 heteroatoms. The van der Waals surface area contributed by atoms with Gasteiger partial charge in [-0.2, -0.15) is 0 Å². The van der Waals surface area contributed by atoms with Crippen molar-refractivity contribution in [3.05, 3.63) is 51.4 Å². The van der Waals surface area contributed by atoms with Crippen LogP contribution in [0.3, 0.4) is 0 Å². The number of aromatic nitrogens is 1. The number of ether oxygens (including phenoxy) is 3. The number of carbonyl (C=O) groups is 2. The number of aliphatic hydroxyl groups excluding tert-OH is 2. The van der Waals surface area contributed by atoms with Gasteiger partial charge in [0.25, 0.3) is 5.60 Å². The van der Waals surface area contributed by atoms with Crippen molar-refractivity contribution in [1.82, 2.24) is 4.74 Å². The number of nitrogens with zero attached hydrogens (tertiary/aromatic N) is 1. The zero-order valence-electron chi connectivity index (χ0n) is 18.2. The van der Waals surface area contributed by atoms with Crippen LogP contribution in [0, 0.1) is 0 Å². The summed E-state index contributed by atoms with van der Waals surface area (Å²) in [4.78, 5) is 38.1. The van der Waals surface area contributed by atoms with Gasteiger partial charge < -0.3 is 28.9 Å². The highest BCUT2D eigenvalue weighted by Gasteiger charge is 2.61. The zero-order chi connectivity index (χ0) is 23.9. The molecule has 1 fully saturated rings. The predicted molar refractivity (Wildman–Crippen MR) is 117 cm³/mol. The molecule has 34 heavy (non-hydrogen) atoms. The molecule has 1 aliphatic carbocycles. The maximum atomic E-state index is 12.9. The van der Waals surface area contributed by atoms with E-state index in [0.717, 1.165) is 7.11 Å². The van der Waals surface area contributed by atoms with E-state index < -0.39 is 34.8 Å². The van der Waals surface area contributed by atoms with Crippen molar-refractivity contribution in [2.75, 3.05) is 14.2 Å². The van der Waals surface area contributed by atoms with Gasteiger partial charge in [0.05, 0.1) is 37.2 Å². The lowest BCUT2D eigenvalue weighted by atomic mass is 9.73. The van der Waals surface area contributed by atoms with E-state index in [0.29, 0.717) is 27.6 Å². The quantitative estimate of drug-likeness (QED) is 0.425. The number of para-hydroxylation sites is 1. The fourth-order valence-electron chi connectivity index (χ4n) is 5.38. The van der Waals surface area contributed by atoms with Gasteiger partial charge in [-0.15, -0.1) is 0 Å². The molecule has 2 atom stereocenters. The number of aliphatic hydroxyl groups is 2. The molecule has 2 aliphatic heterocycles. The van der Waals surface area contributed by atoms with Crippen LogP contribution in [0.4, 0.5) is 0 Å². The number of Topliss-reactive ketones (excluding diaryl/α,β-unsaturated/α-hetero) is 1. The van der Waals surface area contributed by atoms with E-state index in [1.54, 1.807) is 24.3 Å². The number of hydrogen-bond donors (Lipinski definition) is 2. The second kappa shape index (κ2) is 6.73. The second-order valence-electron chi connectivity index (χ2n) is 8.46. The van der Waals surface area contributed by atoms with Gasteiger partial charge >= 0.3 is 11.6 Å². The third-order valence-electron chi connectivity index (χ3n) is 6.81. The van der Waals surface area contributed by atoms with Gasteiger partial charge in [0.1, 0.15) is 28.9 Å². The zero-order valence-corrected chi connectivity index (χ0v) is 18.2. The highest BCUT2D eigenvalue weighted by Crippen LogP contribution is 2.54. The Labute approximate surface area is 191 Å². The Morgan fingerprint density at radius 3 is 2.76 bits per heavy atom. The van der Waals surface area contributed by atoms with Gasteiger partial charge in [0.2, 0.25) is 0 Å². The third-order valence-corrected chi connectivity index (χ3v) is 6.81. The van der Waals surface area contributed by atoms with Gasteiger partial charge in [0.15, 0.2) is 5.78 Å². The average molecular weight is 465 g/mol. The Balaban J connectivity index is 1.70. The van der Waals surface area contributed by atoms with Crippen molar-refractivity contribution < 1.29 is 38.5 Å². The fourth-order valence-corrected chi connectivity index (χ4v) is 5.38. The summed E-state index contributed by atoms with van der Waals surface area (Å²) in [7, 11) is 2.52. The average Bonchev–Trinajstić information content (AvgIpc) is 3.15. The van der Waals surface area contributed by atoms with E-state index >= 15 is 0 Å². The van der Waals surface area contributed by atoms with E-state index in [1.807, 2.05) is 0 Å². The summed E-state index contributed by atoms with van der Waals surface area (Å²) < 4.78 is 23.5. The highest BCUT2D eigenvalue weighted by molar-refractivity contribution is 6.13. The topological polar surface area (TPSA) is 137 Å². The van der Waals surface area contributed by atoms with Crippen LogP contribution in [-0.2, 0) is 20.9 Å².